The number of nitrogens with two attached hydrogens (primary N) is 1. The molecule has 0 bridgehead atoms. The summed E-state index contributed by atoms with van der Waals surface area (Å²) in [5, 5.41) is 3.84. The van der Waals surface area contributed by atoms with Crippen LogP contribution in [0.3, 0.4) is 0 Å². The van der Waals surface area contributed by atoms with E-state index in [0.717, 1.165) is 11.3 Å². The second-order valence-electron chi connectivity index (χ2n) is 3.57. The summed E-state index contributed by atoms with van der Waals surface area (Å²) < 4.78 is 10.5. The normalized spacial score (nSPS) is 11.1. The van der Waals surface area contributed by atoms with Gasteiger partial charge in [-0.1, -0.05) is 5.16 Å². The topological polar surface area (TPSA) is 78.1 Å². The van der Waals surface area contributed by atoms with Crippen LogP contribution < -0.4 is 5.73 Å². The predicted octanol–water partition coefficient (Wildman–Crippen LogP) is 2.37. The fourth-order valence-electron chi connectivity index (χ4n) is 1.52. The zero-order valence-electron chi connectivity index (χ0n) is 8.60. The third-order valence-corrected chi connectivity index (χ3v) is 2.26. The number of hydrogen-bond acceptors (Lipinski definition) is 5. The van der Waals surface area contributed by atoms with Crippen molar-refractivity contribution < 1.29 is 8.94 Å². The lowest BCUT2D eigenvalue weighted by molar-refractivity contribution is 0.397. The van der Waals surface area contributed by atoms with E-state index in [4.69, 9.17) is 14.7 Å². The molecule has 1 aromatic carbocycles. The van der Waals surface area contributed by atoms with Gasteiger partial charge >= 0.3 is 0 Å². The van der Waals surface area contributed by atoms with Crippen molar-refractivity contribution in [2.45, 2.75) is 6.92 Å². The van der Waals surface area contributed by atoms with E-state index in [0.29, 0.717) is 22.9 Å². The largest absolute Gasteiger partial charge is 0.435 e. The first kappa shape index (κ1) is 8.96. The van der Waals surface area contributed by atoms with Gasteiger partial charge in [0.05, 0.1) is 0 Å². The third-order valence-electron chi connectivity index (χ3n) is 2.26. The van der Waals surface area contributed by atoms with Gasteiger partial charge in [0, 0.05) is 17.8 Å². The first-order chi connectivity index (χ1) is 7.72. The summed E-state index contributed by atoms with van der Waals surface area (Å²) in [6.45, 7) is 1.82. The molecule has 2 heterocycles. The maximum atomic E-state index is 5.65. The molecule has 2 aromatic heterocycles. The number of nitrogens with zero attached hydrogens (tertiary/aromatic N) is 2. The number of anilines is 1. The van der Waals surface area contributed by atoms with E-state index in [2.05, 4.69) is 10.1 Å². The molecule has 0 saturated carbocycles. The maximum Gasteiger partial charge on any atom is 0.249 e. The Morgan fingerprint density at radius 2 is 2.12 bits per heavy atom. The van der Waals surface area contributed by atoms with E-state index in [1.807, 2.05) is 13.0 Å². The lowest BCUT2D eigenvalue weighted by Gasteiger charge is -1.88. The zero-order valence-corrected chi connectivity index (χ0v) is 8.60. The second kappa shape index (κ2) is 3.10. The van der Waals surface area contributed by atoms with Crippen LogP contribution in [0.5, 0.6) is 0 Å². The van der Waals surface area contributed by atoms with Crippen LogP contribution in [-0.2, 0) is 0 Å². The molecule has 0 radical (unpaired) electrons. The summed E-state index contributed by atoms with van der Waals surface area (Å²) in [4.78, 5) is 4.29. The van der Waals surface area contributed by atoms with Gasteiger partial charge in [-0.3, -0.25) is 0 Å². The van der Waals surface area contributed by atoms with Gasteiger partial charge in [-0.2, -0.15) is 0 Å². The molecule has 0 spiro atoms. The average Bonchev–Trinajstić information content (AvgIpc) is 2.83. The van der Waals surface area contributed by atoms with Crippen LogP contribution in [-0.4, -0.2) is 10.1 Å². The third kappa shape index (κ3) is 1.33. The number of rotatable bonds is 1. The molecule has 3 rings (SSSR count). The molecule has 0 aliphatic rings. The van der Waals surface area contributed by atoms with Crippen molar-refractivity contribution in [2.24, 2.45) is 0 Å². The van der Waals surface area contributed by atoms with Gasteiger partial charge in [0.15, 0.2) is 11.3 Å². The maximum absolute atomic E-state index is 5.65. The van der Waals surface area contributed by atoms with Crippen molar-refractivity contribution in [3.8, 4) is 11.6 Å². The summed E-state index contributed by atoms with van der Waals surface area (Å²) >= 11 is 0. The number of fused-ring (bicyclic) bond motifs is 1. The Bertz CT molecular complexity index is 654. The molecule has 0 saturated heterocycles. The monoisotopic (exact) mass is 215 g/mol. The van der Waals surface area contributed by atoms with E-state index in [9.17, 15) is 0 Å². The highest BCUT2D eigenvalue weighted by Gasteiger charge is 2.11. The molecule has 5 nitrogen and oxygen atoms in total. The highest BCUT2D eigenvalue weighted by Crippen LogP contribution is 2.24. The van der Waals surface area contributed by atoms with Crippen LogP contribution in [0.15, 0.2) is 33.2 Å². The molecule has 0 aliphatic heterocycles. The van der Waals surface area contributed by atoms with E-state index in [-0.39, 0.29) is 0 Å². The predicted molar refractivity (Wildman–Crippen MR) is 58.7 cm³/mol. The summed E-state index contributed by atoms with van der Waals surface area (Å²) in [6.07, 6.45) is 0. The van der Waals surface area contributed by atoms with Crippen LogP contribution in [0.4, 0.5) is 5.69 Å². The molecule has 0 unspecified atom stereocenters. The molecule has 0 atom stereocenters. The van der Waals surface area contributed by atoms with E-state index >= 15 is 0 Å². The number of nitrogen functional groups attached to an aromatic ring is 1. The highest BCUT2D eigenvalue weighted by molar-refractivity contribution is 5.78. The van der Waals surface area contributed by atoms with Crippen LogP contribution in [0.2, 0.25) is 0 Å². The number of aryl methyl sites for hydroxylation is 1. The Balaban J connectivity index is 2.18. The first-order valence-electron chi connectivity index (χ1n) is 4.82. The molecule has 3 aromatic rings. The summed E-state index contributed by atoms with van der Waals surface area (Å²) in [7, 11) is 0. The van der Waals surface area contributed by atoms with Crippen LogP contribution in [0.1, 0.15) is 5.76 Å². The van der Waals surface area contributed by atoms with E-state index in [1.165, 1.54) is 0 Å². The summed E-state index contributed by atoms with van der Waals surface area (Å²) in [5.74, 6) is 1.16. The van der Waals surface area contributed by atoms with Gasteiger partial charge in [-0.05, 0) is 19.1 Å². The minimum atomic E-state index is 0.442. The SMILES string of the molecule is Cc1cc(-c2nc3ccc(N)cc3o2)no1. The van der Waals surface area contributed by atoms with Crippen LogP contribution >= 0.6 is 0 Å². The molecule has 80 valence electrons. The molecular formula is C11H9N3O2. The van der Waals surface area contributed by atoms with E-state index < -0.39 is 0 Å². The van der Waals surface area contributed by atoms with E-state index in [1.54, 1.807) is 18.2 Å². The van der Waals surface area contributed by atoms with Crippen molar-refractivity contribution >= 4 is 16.8 Å². The quantitative estimate of drug-likeness (QED) is 0.630. The van der Waals surface area contributed by atoms with Gasteiger partial charge in [-0.15, -0.1) is 0 Å². The van der Waals surface area contributed by atoms with Crippen molar-refractivity contribution in [3.63, 3.8) is 0 Å². The lowest BCUT2D eigenvalue weighted by atomic mass is 10.3. The number of oxazole rings is 1. The number of hydrogen-bond donors (Lipinski definition) is 1. The Kier molecular flexibility index (Phi) is 1.73. The minimum absolute atomic E-state index is 0.442. The van der Waals surface area contributed by atoms with Crippen molar-refractivity contribution in [1.29, 1.82) is 0 Å². The molecule has 0 fully saturated rings. The molecular weight excluding hydrogens is 206 g/mol. The minimum Gasteiger partial charge on any atom is -0.435 e. The number of benzene rings is 1. The van der Waals surface area contributed by atoms with Crippen molar-refractivity contribution in [2.75, 3.05) is 5.73 Å². The standard InChI is InChI=1S/C11H9N3O2/c1-6-4-9(14-16-6)11-13-8-3-2-7(12)5-10(8)15-11/h2-5H,12H2,1H3. The Labute approximate surface area is 90.9 Å². The zero-order chi connectivity index (χ0) is 11.1. The van der Waals surface area contributed by atoms with Gasteiger partial charge in [0.1, 0.15) is 11.3 Å². The molecule has 5 heteroatoms. The summed E-state index contributed by atoms with van der Waals surface area (Å²) in [6, 6.07) is 7.10. The molecule has 16 heavy (non-hydrogen) atoms. The molecule has 2 N–H and O–H groups in total. The second-order valence-corrected chi connectivity index (χ2v) is 3.57. The lowest BCUT2D eigenvalue weighted by Crippen LogP contribution is -1.81. The fourth-order valence-corrected chi connectivity index (χ4v) is 1.52. The fraction of sp³-hybridized carbons (Fsp3) is 0.0909. The average molecular weight is 215 g/mol. The van der Waals surface area contributed by atoms with Crippen molar-refractivity contribution in [1.82, 2.24) is 10.1 Å². The Hall–Kier alpha value is -2.30. The smallest absolute Gasteiger partial charge is 0.249 e. The van der Waals surface area contributed by atoms with Gasteiger partial charge in [-0.25, -0.2) is 4.98 Å². The van der Waals surface area contributed by atoms with Gasteiger partial charge in [0.2, 0.25) is 5.89 Å². The highest BCUT2D eigenvalue weighted by atomic mass is 16.5. The first-order valence-corrected chi connectivity index (χ1v) is 4.82. The van der Waals surface area contributed by atoms with Gasteiger partial charge < -0.3 is 14.7 Å². The van der Waals surface area contributed by atoms with Crippen LogP contribution in [0.25, 0.3) is 22.7 Å². The number of aromatic nitrogens is 2. The summed E-state index contributed by atoms with van der Waals surface area (Å²) in [5.41, 5.74) is 8.29. The molecule has 0 aliphatic carbocycles. The molecule has 0 amide bonds. The van der Waals surface area contributed by atoms with Gasteiger partial charge in [0.25, 0.3) is 0 Å². The van der Waals surface area contributed by atoms with Crippen LogP contribution in [0, 0.1) is 6.92 Å². The Morgan fingerprint density at radius 3 is 2.88 bits per heavy atom. The van der Waals surface area contributed by atoms with Crippen molar-refractivity contribution in [3.05, 3.63) is 30.0 Å². The Morgan fingerprint density at radius 1 is 1.25 bits per heavy atom.